The van der Waals surface area contributed by atoms with E-state index in [2.05, 4.69) is 10.6 Å². The Labute approximate surface area is 213 Å². The number of carboxylic acid groups (broad SMARTS) is 2. The number of hydrogen-bond acceptors (Lipinski definition) is 12. The average Bonchev–Trinajstić information content (AvgIpc) is 3.57. The van der Waals surface area contributed by atoms with Gasteiger partial charge in [0.05, 0.1) is 12.8 Å². The normalized spacial score (nSPS) is 30.4. The van der Waals surface area contributed by atoms with Crippen LogP contribution in [0.2, 0.25) is 0 Å². The second-order valence-corrected chi connectivity index (χ2v) is 8.49. The monoisotopic (exact) mass is 544 g/mol. The number of amides is 4. The van der Waals surface area contributed by atoms with Crippen LogP contribution in [0.25, 0.3) is 0 Å². The Hall–Kier alpha value is -4.32. The highest BCUT2D eigenvalue weighted by atomic mass is 16.8. The van der Waals surface area contributed by atoms with Crippen molar-refractivity contribution in [3.8, 4) is 0 Å². The molecule has 4 N–H and O–H groups in total. The van der Waals surface area contributed by atoms with Gasteiger partial charge in [0.25, 0.3) is 11.8 Å². The predicted molar refractivity (Wildman–Crippen MR) is 112 cm³/mol. The minimum atomic E-state index is -2.14. The number of carboxylic acids is 2. The first-order chi connectivity index (χ1) is 17.7. The third-order valence-electron chi connectivity index (χ3n) is 5.72. The molecule has 4 heterocycles. The summed E-state index contributed by atoms with van der Waals surface area (Å²) in [5.74, 6) is -6.83. The number of nitrogens with one attached hydrogen (secondary N) is 2. The molecule has 0 aromatic heterocycles. The van der Waals surface area contributed by atoms with Crippen molar-refractivity contribution >= 4 is 47.5 Å². The van der Waals surface area contributed by atoms with Crippen LogP contribution < -0.4 is 10.6 Å². The lowest BCUT2D eigenvalue weighted by molar-refractivity contribution is -0.256. The fourth-order valence-electron chi connectivity index (χ4n) is 4.00. The summed E-state index contributed by atoms with van der Waals surface area (Å²) in [5, 5.41) is 24.1. The van der Waals surface area contributed by atoms with Crippen molar-refractivity contribution in [3.05, 3.63) is 0 Å². The quantitative estimate of drug-likeness (QED) is 0.240. The van der Waals surface area contributed by atoms with Crippen molar-refractivity contribution in [2.75, 3.05) is 13.2 Å². The zero-order chi connectivity index (χ0) is 28.4. The van der Waals surface area contributed by atoms with E-state index >= 15 is 0 Å². The number of carbonyl (C=O) groups excluding carboxylic acids is 6. The van der Waals surface area contributed by atoms with Crippen LogP contribution in [0, 0.1) is 0 Å². The summed E-state index contributed by atoms with van der Waals surface area (Å²) >= 11 is 0. The summed E-state index contributed by atoms with van der Waals surface area (Å²) in [6.07, 6.45) is -0.631. The maximum Gasteiger partial charge on any atom is 0.372 e. The molecule has 38 heavy (non-hydrogen) atoms. The summed E-state index contributed by atoms with van der Waals surface area (Å²) in [7, 11) is 0. The molecule has 4 fully saturated rings. The Kier molecular flexibility index (Phi) is 7.87. The van der Waals surface area contributed by atoms with Crippen LogP contribution in [0.5, 0.6) is 0 Å². The molecular weight excluding hydrogens is 520 g/mol. The van der Waals surface area contributed by atoms with Crippen LogP contribution in [0.15, 0.2) is 0 Å². The van der Waals surface area contributed by atoms with Crippen LogP contribution in [0.1, 0.15) is 39.5 Å². The van der Waals surface area contributed by atoms with Gasteiger partial charge >= 0.3 is 35.3 Å². The van der Waals surface area contributed by atoms with Gasteiger partial charge in [-0.2, -0.15) is 10.1 Å². The molecule has 0 radical (unpaired) electrons. The minimum absolute atomic E-state index is 0.121. The fourth-order valence-corrected chi connectivity index (χ4v) is 4.00. The number of aliphatic carboxylic acids is 2. The first-order valence-electron chi connectivity index (χ1n) is 11.1. The molecule has 0 unspecified atom stereocenters. The van der Waals surface area contributed by atoms with E-state index in [-0.39, 0.29) is 38.9 Å². The van der Waals surface area contributed by atoms with Gasteiger partial charge < -0.3 is 30.3 Å². The molecule has 4 aliphatic rings. The standard InChI is InChI=1S/2C10H12N2O7/c2*1-5(13)11-6-4-18-12(8(6)15)10(9(16)17)3-2-7(14)19-10/h2*6H,2-4H2,1H3,(H,11,13)(H,16,17)/t6-,10+;6-,10-/m00/s1. The molecule has 0 saturated carbocycles. The van der Waals surface area contributed by atoms with Gasteiger partial charge in [0.2, 0.25) is 11.8 Å². The number of carbonyl (C=O) groups is 8. The molecule has 208 valence electrons. The maximum atomic E-state index is 12.0. The highest BCUT2D eigenvalue weighted by molar-refractivity contribution is 5.94. The molecule has 0 aliphatic carbocycles. The van der Waals surface area contributed by atoms with Crippen LogP contribution in [0.3, 0.4) is 0 Å². The lowest BCUT2D eigenvalue weighted by Crippen LogP contribution is -2.56. The van der Waals surface area contributed by atoms with Crippen LogP contribution >= 0.6 is 0 Å². The summed E-state index contributed by atoms with van der Waals surface area (Å²) in [6.45, 7) is 2.03. The number of hydrogen-bond donors (Lipinski definition) is 4. The molecule has 18 nitrogen and oxygen atoms in total. The zero-order valence-electron chi connectivity index (χ0n) is 20.1. The Balaban J connectivity index is 0.000000211. The third kappa shape index (κ3) is 5.21. The fraction of sp³-hybridized carbons (Fsp3) is 0.600. The molecule has 4 amide bonds. The van der Waals surface area contributed by atoms with Crippen molar-refractivity contribution in [2.45, 2.75) is 63.1 Å². The number of rotatable bonds is 6. The smallest absolute Gasteiger partial charge is 0.372 e. The van der Waals surface area contributed by atoms with E-state index in [1.54, 1.807) is 0 Å². The van der Waals surface area contributed by atoms with E-state index in [1.165, 1.54) is 13.8 Å². The van der Waals surface area contributed by atoms with E-state index in [4.69, 9.17) is 19.1 Å². The van der Waals surface area contributed by atoms with E-state index in [0.717, 1.165) is 0 Å². The third-order valence-corrected chi connectivity index (χ3v) is 5.72. The molecule has 4 rings (SSSR count). The first kappa shape index (κ1) is 28.3. The van der Waals surface area contributed by atoms with Crippen LogP contribution in [0.4, 0.5) is 0 Å². The molecule has 4 atom stereocenters. The van der Waals surface area contributed by atoms with Crippen molar-refractivity contribution in [1.29, 1.82) is 0 Å². The van der Waals surface area contributed by atoms with Gasteiger partial charge in [-0.3, -0.25) is 38.4 Å². The van der Waals surface area contributed by atoms with Crippen LogP contribution in [-0.2, 0) is 57.5 Å². The topological polar surface area (TPSA) is 244 Å². The lowest BCUT2D eigenvalue weighted by Gasteiger charge is -2.30. The maximum absolute atomic E-state index is 12.0. The van der Waals surface area contributed by atoms with Gasteiger partial charge in [-0.15, -0.1) is 0 Å². The van der Waals surface area contributed by atoms with Crippen molar-refractivity contribution in [2.24, 2.45) is 0 Å². The number of esters is 2. The van der Waals surface area contributed by atoms with Gasteiger partial charge in [0.1, 0.15) is 25.3 Å². The van der Waals surface area contributed by atoms with Crippen molar-refractivity contribution in [1.82, 2.24) is 20.8 Å². The van der Waals surface area contributed by atoms with Gasteiger partial charge in [0.15, 0.2) is 0 Å². The Morgan fingerprint density at radius 2 is 1.08 bits per heavy atom. The van der Waals surface area contributed by atoms with Gasteiger partial charge in [-0.25, -0.2) is 9.59 Å². The van der Waals surface area contributed by atoms with Crippen molar-refractivity contribution < 1.29 is 67.7 Å². The molecule has 0 bridgehead atoms. The van der Waals surface area contributed by atoms with E-state index in [9.17, 15) is 48.6 Å². The molecule has 0 aromatic carbocycles. The number of cyclic esters (lactones) is 2. The lowest BCUT2D eigenvalue weighted by atomic mass is 10.1. The summed E-state index contributed by atoms with van der Waals surface area (Å²) in [4.78, 5) is 101. The van der Waals surface area contributed by atoms with Crippen LogP contribution in [-0.4, -0.2) is 105 Å². The molecule has 4 saturated heterocycles. The molecule has 18 heteroatoms. The Bertz CT molecular complexity index is 1010. The minimum Gasteiger partial charge on any atom is -0.477 e. The summed E-state index contributed by atoms with van der Waals surface area (Å²) in [6, 6.07) is -1.96. The van der Waals surface area contributed by atoms with E-state index < -0.39 is 71.0 Å². The Morgan fingerprint density at radius 1 is 0.737 bits per heavy atom. The molecular formula is C20H24N4O14. The Morgan fingerprint density at radius 3 is 1.32 bits per heavy atom. The average molecular weight is 544 g/mol. The van der Waals surface area contributed by atoms with E-state index in [1.807, 2.05) is 0 Å². The highest BCUT2D eigenvalue weighted by Crippen LogP contribution is 2.35. The number of ether oxygens (including phenoxy) is 2. The SMILES string of the molecule is CC(=O)N[C@H]1CON([C@@]2(C(=O)O)CCC(=O)O2)C1=O.CC(=O)N[C@H]1CON([C@]2(C(=O)O)CCC(=O)O2)C1=O. The summed E-state index contributed by atoms with van der Waals surface area (Å²) in [5.41, 5.74) is -4.28. The van der Waals surface area contributed by atoms with Gasteiger partial charge in [0, 0.05) is 26.7 Å². The van der Waals surface area contributed by atoms with Gasteiger partial charge in [-0.1, -0.05) is 0 Å². The second-order valence-electron chi connectivity index (χ2n) is 8.49. The molecule has 0 aromatic rings. The summed E-state index contributed by atoms with van der Waals surface area (Å²) < 4.78 is 9.49. The zero-order valence-corrected chi connectivity index (χ0v) is 20.1. The number of hydroxylamine groups is 4. The predicted octanol–water partition coefficient (Wildman–Crippen LogP) is -3.23. The van der Waals surface area contributed by atoms with Gasteiger partial charge in [-0.05, 0) is 0 Å². The first-order valence-corrected chi connectivity index (χ1v) is 11.1. The van der Waals surface area contributed by atoms with E-state index in [0.29, 0.717) is 10.1 Å². The largest absolute Gasteiger partial charge is 0.477 e. The molecule has 0 spiro atoms. The highest BCUT2D eigenvalue weighted by Gasteiger charge is 2.60. The molecule has 4 aliphatic heterocycles. The second kappa shape index (κ2) is 10.6. The van der Waals surface area contributed by atoms with Crippen molar-refractivity contribution in [3.63, 3.8) is 0 Å². The number of nitrogens with zero attached hydrogens (tertiary/aromatic N) is 2.